The zero-order chi connectivity index (χ0) is 14.9. The Morgan fingerprint density at radius 1 is 1.45 bits per heavy atom. The highest BCUT2D eigenvalue weighted by atomic mass is 19.1. The third-order valence-corrected chi connectivity index (χ3v) is 3.26. The predicted molar refractivity (Wildman–Crippen MR) is 73.1 cm³/mol. The Bertz CT molecular complexity index is 649. The normalized spacial score (nSPS) is 14.1. The van der Waals surface area contributed by atoms with Crippen molar-refractivity contribution in [1.82, 2.24) is 4.98 Å². The summed E-state index contributed by atoms with van der Waals surface area (Å²) < 4.78 is 23.9. The maximum Gasteiger partial charge on any atom is 0.325 e. The van der Waals surface area contributed by atoms with Crippen LogP contribution in [-0.4, -0.2) is 30.7 Å². The average Bonchev–Trinajstić information content (AvgIpc) is 2.81. The number of benzene rings is 1. The van der Waals surface area contributed by atoms with Gasteiger partial charge in [-0.3, -0.25) is 4.79 Å². The van der Waals surface area contributed by atoms with Crippen molar-refractivity contribution < 1.29 is 18.7 Å². The minimum Gasteiger partial charge on any atom is -0.494 e. The topological polar surface area (TPSA) is 77.3 Å². The predicted octanol–water partition coefficient (Wildman–Crippen LogP) is 1.75. The highest BCUT2D eigenvalue weighted by Crippen LogP contribution is 2.30. The van der Waals surface area contributed by atoms with Crippen molar-refractivity contribution >= 4 is 16.9 Å². The lowest BCUT2D eigenvalue weighted by atomic mass is 9.93. The molecule has 1 aromatic carbocycles. The van der Waals surface area contributed by atoms with Gasteiger partial charge >= 0.3 is 5.97 Å². The molecule has 0 aliphatic rings. The van der Waals surface area contributed by atoms with Crippen LogP contribution in [0.1, 0.15) is 12.5 Å². The third-order valence-electron chi connectivity index (χ3n) is 3.26. The van der Waals surface area contributed by atoms with Crippen molar-refractivity contribution in [1.29, 1.82) is 0 Å². The van der Waals surface area contributed by atoms with Gasteiger partial charge in [-0.15, -0.1) is 0 Å². The van der Waals surface area contributed by atoms with Crippen molar-refractivity contribution in [3.63, 3.8) is 0 Å². The van der Waals surface area contributed by atoms with Gasteiger partial charge in [0.05, 0.1) is 14.2 Å². The van der Waals surface area contributed by atoms with Crippen LogP contribution in [0.4, 0.5) is 4.39 Å². The number of carbonyl (C=O) groups excluding carboxylic acids is 1. The van der Waals surface area contributed by atoms with Crippen LogP contribution < -0.4 is 10.5 Å². The number of fused-ring (bicyclic) bond motifs is 1. The number of esters is 1. The van der Waals surface area contributed by atoms with Crippen LogP contribution in [-0.2, 0) is 16.0 Å². The lowest BCUT2D eigenvalue weighted by Gasteiger charge is -2.21. The van der Waals surface area contributed by atoms with Crippen molar-refractivity contribution in [2.45, 2.75) is 18.9 Å². The van der Waals surface area contributed by atoms with Gasteiger partial charge in [-0.25, -0.2) is 4.39 Å². The lowest BCUT2D eigenvalue weighted by molar-refractivity contribution is -0.146. The van der Waals surface area contributed by atoms with Crippen molar-refractivity contribution in [3.05, 3.63) is 29.7 Å². The van der Waals surface area contributed by atoms with Crippen molar-refractivity contribution in [3.8, 4) is 5.75 Å². The summed E-state index contributed by atoms with van der Waals surface area (Å²) in [5.74, 6) is -0.868. The second kappa shape index (κ2) is 5.13. The Morgan fingerprint density at radius 2 is 2.15 bits per heavy atom. The van der Waals surface area contributed by atoms with Gasteiger partial charge in [0.1, 0.15) is 5.54 Å². The fourth-order valence-corrected chi connectivity index (χ4v) is 2.23. The molecule has 0 fully saturated rings. The van der Waals surface area contributed by atoms with E-state index in [9.17, 15) is 9.18 Å². The molecule has 108 valence electrons. The molecule has 1 unspecified atom stereocenters. The molecule has 2 rings (SSSR count). The molecule has 2 aromatic rings. The molecule has 6 heteroatoms. The molecule has 3 N–H and O–H groups in total. The van der Waals surface area contributed by atoms with E-state index >= 15 is 0 Å². The number of rotatable bonds is 4. The number of carbonyl (C=O) groups is 1. The summed E-state index contributed by atoms with van der Waals surface area (Å²) in [7, 11) is 2.67. The van der Waals surface area contributed by atoms with Crippen LogP contribution in [0.2, 0.25) is 0 Å². The fraction of sp³-hybridized carbons (Fsp3) is 0.357. The Kier molecular flexibility index (Phi) is 3.67. The fourth-order valence-electron chi connectivity index (χ4n) is 2.23. The number of aromatic amines is 1. The number of aromatic nitrogens is 1. The number of nitrogens with one attached hydrogen (secondary N) is 1. The number of methoxy groups -OCH3 is 2. The summed E-state index contributed by atoms with van der Waals surface area (Å²) in [6.07, 6.45) is 1.80. The molecule has 0 amide bonds. The molecular formula is C14H17FN2O3. The summed E-state index contributed by atoms with van der Waals surface area (Å²) in [6.45, 7) is 1.55. The smallest absolute Gasteiger partial charge is 0.325 e. The summed E-state index contributed by atoms with van der Waals surface area (Å²) in [5, 5.41) is 0.380. The van der Waals surface area contributed by atoms with Crippen LogP contribution >= 0.6 is 0 Å². The van der Waals surface area contributed by atoms with E-state index in [1.54, 1.807) is 25.3 Å². The quantitative estimate of drug-likeness (QED) is 0.836. The Labute approximate surface area is 115 Å². The molecule has 0 aliphatic heterocycles. The first-order chi connectivity index (χ1) is 9.40. The number of nitrogens with two attached hydrogens (primary N) is 1. The SMILES string of the molecule is COC(=O)C(C)(N)Cc1c[nH]c2ccc(OC)c(F)c12. The second-order valence-corrected chi connectivity index (χ2v) is 4.90. The molecule has 1 atom stereocenters. The van der Waals surface area contributed by atoms with Crippen LogP contribution in [0.25, 0.3) is 10.9 Å². The van der Waals surface area contributed by atoms with E-state index in [0.717, 1.165) is 0 Å². The van der Waals surface area contributed by atoms with E-state index in [1.165, 1.54) is 14.2 Å². The van der Waals surface area contributed by atoms with E-state index in [2.05, 4.69) is 9.72 Å². The molecule has 1 aromatic heterocycles. The minimum atomic E-state index is -1.22. The monoisotopic (exact) mass is 280 g/mol. The molecule has 1 heterocycles. The molecule has 5 nitrogen and oxygen atoms in total. The van der Waals surface area contributed by atoms with Crippen molar-refractivity contribution in [2.24, 2.45) is 5.73 Å². The lowest BCUT2D eigenvalue weighted by Crippen LogP contribution is -2.47. The van der Waals surface area contributed by atoms with Gasteiger partial charge in [0.25, 0.3) is 0 Å². The third kappa shape index (κ3) is 2.34. The highest BCUT2D eigenvalue weighted by Gasteiger charge is 2.31. The van der Waals surface area contributed by atoms with E-state index in [0.29, 0.717) is 16.5 Å². The van der Waals surface area contributed by atoms with Crippen LogP contribution in [0.3, 0.4) is 0 Å². The average molecular weight is 280 g/mol. The molecule has 0 saturated carbocycles. The van der Waals surface area contributed by atoms with Crippen molar-refractivity contribution in [2.75, 3.05) is 14.2 Å². The van der Waals surface area contributed by atoms with Gasteiger partial charge in [-0.1, -0.05) is 0 Å². The van der Waals surface area contributed by atoms with Gasteiger partial charge in [0.15, 0.2) is 11.6 Å². The Balaban J connectivity index is 2.48. The highest BCUT2D eigenvalue weighted by molar-refractivity contribution is 5.87. The Hall–Kier alpha value is -2.08. The van der Waals surface area contributed by atoms with E-state index in [4.69, 9.17) is 10.5 Å². The Morgan fingerprint density at radius 3 is 2.75 bits per heavy atom. The summed E-state index contributed by atoms with van der Waals surface area (Å²) in [6, 6.07) is 3.26. The van der Waals surface area contributed by atoms with Gasteiger partial charge in [-0.05, 0) is 24.6 Å². The standard InChI is InChI=1S/C14H17FN2O3/c1-14(16,13(18)20-3)6-8-7-17-9-4-5-10(19-2)12(15)11(8)9/h4-5,7,17H,6,16H2,1-3H3. The zero-order valence-electron chi connectivity index (χ0n) is 11.6. The minimum absolute atomic E-state index is 0.148. The molecule has 0 radical (unpaired) electrons. The van der Waals surface area contributed by atoms with Gasteiger partial charge in [-0.2, -0.15) is 0 Å². The van der Waals surface area contributed by atoms with Crippen LogP contribution in [0, 0.1) is 5.82 Å². The van der Waals surface area contributed by atoms with E-state index in [-0.39, 0.29) is 12.2 Å². The maximum atomic E-state index is 14.3. The largest absolute Gasteiger partial charge is 0.494 e. The number of H-pyrrole nitrogens is 1. The number of ether oxygens (including phenoxy) is 2. The number of halogens is 1. The summed E-state index contributed by atoms with van der Waals surface area (Å²) in [5.41, 5.74) is 5.94. The molecular weight excluding hydrogens is 263 g/mol. The first-order valence-corrected chi connectivity index (χ1v) is 6.10. The van der Waals surface area contributed by atoms with Gasteiger partial charge < -0.3 is 20.2 Å². The first-order valence-electron chi connectivity index (χ1n) is 6.10. The van der Waals surface area contributed by atoms with E-state index < -0.39 is 17.3 Å². The summed E-state index contributed by atoms with van der Waals surface area (Å²) in [4.78, 5) is 14.6. The zero-order valence-corrected chi connectivity index (χ0v) is 11.6. The molecule has 0 spiro atoms. The molecule has 0 bridgehead atoms. The molecule has 0 saturated heterocycles. The van der Waals surface area contributed by atoms with Gasteiger partial charge in [0.2, 0.25) is 0 Å². The molecule has 20 heavy (non-hydrogen) atoms. The second-order valence-electron chi connectivity index (χ2n) is 4.90. The van der Waals surface area contributed by atoms with Gasteiger partial charge in [0, 0.05) is 23.5 Å². The van der Waals surface area contributed by atoms with Crippen LogP contribution in [0.5, 0.6) is 5.75 Å². The van der Waals surface area contributed by atoms with E-state index in [1.807, 2.05) is 0 Å². The summed E-state index contributed by atoms with van der Waals surface area (Å²) >= 11 is 0. The number of hydrogen-bond donors (Lipinski definition) is 2. The van der Waals surface area contributed by atoms with Crippen LogP contribution in [0.15, 0.2) is 18.3 Å². The first kappa shape index (κ1) is 14.3. The number of hydrogen-bond acceptors (Lipinski definition) is 4. The maximum absolute atomic E-state index is 14.3. The molecule has 0 aliphatic carbocycles.